The molecule has 1 rings (SSSR count). The van der Waals surface area contributed by atoms with Gasteiger partial charge < -0.3 is 10.2 Å². The monoisotopic (exact) mass is 256 g/mol. The summed E-state index contributed by atoms with van der Waals surface area (Å²) in [5, 5.41) is 11.8. The Kier molecular flexibility index (Phi) is 4.86. The summed E-state index contributed by atoms with van der Waals surface area (Å²) >= 11 is 1.29. The Hall–Kier alpha value is -1.17. The van der Waals surface area contributed by atoms with Crippen molar-refractivity contribution >= 4 is 22.4 Å². The number of anilines is 1. The van der Waals surface area contributed by atoms with Gasteiger partial charge in [0.1, 0.15) is 0 Å². The molecule has 0 saturated heterocycles. The average Bonchev–Trinajstić information content (AvgIpc) is 2.72. The number of carbonyl (C=O) groups excluding carboxylic acids is 1. The van der Waals surface area contributed by atoms with Gasteiger partial charge in [-0.25, -0.2) is 0 Å². The first kappa shape index (κ1) is 13.9. The summed E-state index contributed by atoms with van der Waals surface area (Å²) in [7, 11) is 1.77. The van der Waals surface area contributed by atoms with Crippen molar-refractivity contribution < 1.29 is 4.79 Å². The smallest absolute Gasteiger partial charge is 0.285 e. The Morgan fingerprint density at radius 2 is 2.00 bits per heavy atom. The molecular weight excluding hydrogens is 236 g/mol. The van der Waals surface area contributed by atoms with E-state index in [4.69, 9.17) is 0 Å². The molecule has 1 N–H and O–H groups in total. The van der Waals surface area contributed by atoms with Crippen LogP contribution in [0.5, 0.6) is 0 Å². The van der Waals surface area contributed by atoms with Gasteiger partial charge in [0.25, 0.3) is 5.91 Å². The molecule has 1 amide bonds. The lowest BCUT2D eigenvalue weighted by molar-refractivity contribution is 0.0680. The molecule has 0 atom stereocenters. The van der Waals surface area contributed by atoms with Crippen molar-refractivity contribution in [2.45, 2.75) is 33.7 Å². The molecule has 96 valence electrons. The fourth-order valence-corrected chi connectivity index (χ4v) is 2.11. The van der Waals surface area contributed by atoms with Crippen molar-refractivity contribution in [2.24, 2.45) is 5.92 Å². The molecule has 0 aromatic carbocycles. The van der Waals surface area contributed by atoms with Gasteiger partial charge in [-0.15, -0.1) is 10.2 Å². The van der Waals surface area contributed by atoms with Gasteiger partial charge in [-0.05, 0) is 19.8 Å². The van der Waals surface area contributed by atoms with Gasteiger partial charge in [-0.1, -0.05) is 25.2 Å². The van der Waals surface area contributed by atoms with Crippen molar-refractivity contribution in [1.82, 2.24) is 15.1 Å². The number of hydrogen-bond donors (Lipinski definition) is 1. The van der Waals surface area contributed by atoms with E-state index in [0.717, 1.165) is 6.54 Å². The van der Waals surface area contributed by atoms with E-state index in [2.05, 4.69) is 29.4 Å². The number of hydrogen-bond acceptors (Lipinski definition) is 5. The van der Waals surface area contributed by atoms with Crippen LogP contribution in [0, 0.1) is 5.92 Å². The van der Waals surface area contributed by atoms with E-state index < -0.39 is 0 Å². The van der Waals surface area contributed by atoms with E-state index in [0.29, 0.717) is 16.1 Å². The molecular formula is C11H20N4OS. The Bertz CT molecular complexity index is 375. The summed E-state index contributed by atoms with van der Waals surface area (Å²) in [6.45, 7) is 8.97. The predicted octanol–water partition coefficient (Wildman–Crippen LogP) is 2.09. The predicted molar refractivity (Wildman–Crippen MR) is 70.5 cm³/mol. The molecule has 6 heteroatoms. The van der Waals surface area contributed by atoms with Gasteiger partial charge >= 0.3 is 0 Å². The lowest BCUT2D eigenvalue weighted by Gasteiger charge is -2.27. The van der Waals surface area contributed by atoms with Gasteiger partial charge in [0.05, 0.1) is 0 Å². The van der Waals surface area contributed by atoms with Gasteiger partial charge in [-0.2, -0.15) is 0 Å². The second-order valence-electron chi connectivity index (χ2n) is 4.61. The van der Waals surface area contributed by atoms with E-state index in [-0.39, 0.29) is 11.9 Å². The number of nitrogens with one attached hydrogen (secondary N) is 1. The quantitative estimate of drug-likeness (QED) is 0.876. The molecule has 5 nitrogen and oxygen atoms in total. The van der Waals surface area contributed by atoms with E-state index in [9.17, 15) is 4.79 Å². The number of rotatable bonds is 5. The highest BCUT2D eigenvalue weighted by molar-refractivity contribution is 7.17. The lowest BCUT2D eigenvalue weighted by atomic mass is 10.2. The number of nitrogens with zero attached hydrogens (tertiary/aromatic N) is 3. The third kappa shape index (κ3) is 3.66. The zero-order chi connectivity index (χ0) is 13.0. The fraction of sp³-hybridized carbons (Fsp3) is 0.727. The average molecular weight is 256 g/mol. The Balaban J connectivity index is 2.83. The largest absolute Gasteiger partial charge is 0.363 e. The second-order valence-corrected chi connectivity index (χ2v) is 5.58. The van der Waals surface area contributed by atoms with Crippen LogP contribution in [0.1, 0.15) is 37.5 Å². The van der Waals surface area contributed by atoms with Crippen molar-refractivity contribution in [2.75, 3.05) is 18.9 Å². The standard InChI is InChI=1S/C11H20N4OS/c1-7(2)6-15(8(3)4)10(16)9-13-14-11(12-5)17-9/h7-8H,6H2,1-5H3,(H,12,14). The van der Waals surface area contributed by atoms with Crippen LogP contribution in [0.25, 0.3) is 0 Å². The topological polar surface area (TPSA) is 58.1 Å². The molecule has 1 aromatic rings. The summed E-state index contributed by atoms with van der Waals surface area (Å²) in [5.74, 6) is 0.408. The third-order valence-corrected chi connectivity index (χ3v) is 3.20. The van der Waals surface area contributed by atoms with Crippen LogP contribution in [-0.2, 0) is 0 Å². The molecule has 0 bridgehead atoms. The Labute approximate surface area is 106 Å². The van der Waals surface area contributed by atoms with Crippen molar-refractivity contribution in [3.05, 3.63) is 5.01 Å². The summed E-state index contributed by atoms with van der Waals surface area (Å²) < 4.78 is 0. The van der Waals surface area contributed by atoms with Crippen LogP contribution in [0.2, 0.25) is 0 Å². The molecule has 0 spiro atoms. The first-order chi connectivity index (χ1) is 7.95. The maximum absolute atomic E-state index is 12.3. The molecule has 0 aliphatic heterocycles. The van der Waals surface area contributed by atoms with Crippen LogP contribution in [-0.4, -0.2) is 40.6 Å². The zero-order valence-electron chi connectivity index (χ0n) is 11.0. The van der Waals surface area contributed by atoms with Gasteiger partial charge in [0.15, 0.2) is 0 Å². The first-order valence-electron chi connectivity index (χ1n) is 5.78. The van der Waals surface area contributed by atoms with Gasteiger partial charge in [0.2, 0.25) is 10.1 Å². The van der Waals surface area contributed by atoms with Crippen LogP contribution in [0.15, 0.2) is 0 Å². The summed E-state index contributed by atoms with van der Waals surface area (Å²) in [4.78, 5) is 14.1. The van der Waals surface area contributed by atoms with E-state index in [1.807, 2.05) is 18.7 Å². The highest BCUT2D eigenvalue weighted by Crippen LogP contribution is 2.18. The maximum atomic E-state index is 12.3. The molecule has 0 aliphatic carbocycles. The summed E-state index contributed by atoms with van der Waals surface area (Å²) in [6, 6.07) is 0.173. The molecule has 1 aromatic heterocycles. The highest BCUT2D eigenvalue weighted by Gasteiger charge is 2.23. The minimum Gasteiger partial charge on any atom is -0.363 e. The molecule has 0 aliphatic rings. The molecule has 17 heavy (non-hydrogen) atoms. The highest BCUT2D eigenvalue weighted by atomic mass is 32.1. The maximum Gasteiger partial charge on any atom is 0.285 e. The van der Waals surface area contributed by atoms with Gasteiger partial charge in [-0.3, -0.25) is 4.79 Å². The van der Waals surface area contributed by atoms with Gasteiger partial charge in [0, 0.05) is 19.6 Å². The molecule has 0 fully saturated rings. The van der Waals surface area contributed by atoms with Crippen LogP contribution in [0.3, 0.4) is 0 Å². The Morgan fingerprint density at radius 1 is 1.35 bits per heavy atom. The number of carbonyl (C=O) groups is 1. The third-order valence-electron chi connectivity index (χ3n) is 2.27. The second kappa shape index (κ2) is 5.95. The van der Waals surface area contributed by atoms with Crippen LogP contribution >= 0.6 is 11.3 Å². The van der Waals surface area contributed by atoms with Crippen molar-refractivity contribution in [1.29, 1.82) is 0 Å². The molecule has 0 radical (unpaired) electrons. The number of amides is 1. The molecule has 0 saturated carbocycles. The Morgan fingerprint density at radius 3 is 2.41 bits per heavy atom. The first-order valence-corrected chi connectivity index (χ1v) is 6.59. The summed E-state index contributed by atoms with van der Waals surface area (Å²) in [5.41, 5.74) is 0. The van der Waals surface area contributed by atoms with Crippen LogP contribution in [0.4, 0.5) is 5.13 Å². The van der Waals surface area contributed by atoms with E-state index >= 15 is 0 Å². The SMILES string of the molecule is CNc1nnc(C(=O)N(CC(C)C)C(C)C)s1. The van der Waals surface area contributed by atoms with Crippen molar-refractivity contribution in [3.63, 3.8) is 0 Å². The zero-order valence-corrected chi connectivity index (χ0v) is 11.8. The molecule has 0 unspecified atom stereocenters. The lowest BCUT2D eigenvalue weighted by Crippen LogP contribution is -2.39. The van der Waals surface area contributed by atoms with E-state index in [1.54, 1.807) is 7.05 Å². The minimum atomic E-state index is -0.0345. The van der Waals surface area contributed by atoms with E-state index in [1.165, 1.54) is 11.3 Å². The van der Waals surface area contributed by atoms with Crippen LogP contribution < -0.4 is 5.32 Å². The number of aromatic nitrogens is 2. The minimum absolute atomic E-state index is 0.0345. The normalized spacial score (nSPS) is 11.0. The van der Waals surface area contributed by atoms with Crippen molar-refractivity contribution in [3.8, 4) is 0 Å². The molecule has 1 heterocycles. The fourth-order valence-electron chi connectivity index (χ4n) is 1.46. The summed E-state index contributed by atoms with van der Waals surface area (Å²) in [6.07, 6.45) is 0.